The van der Waals surface area contributed by atoms with Gasteiger partial charge in [-0.15, -0.1) is 0 Å². The van der Waals surface area contributed by atoms with E-state index in [1.54, 1.807) is 0 Å². The van der Waals surface area contributed by atoms with Crippen molar-refractivity contribution in [1.29, 1.82) is 0 Å². The highest BCUT2D eigenvalue weighted by Gasteiger charge is 2.30. The van der Waals surface area contributed by atoms with Crippen molar-refractivity contribution >= 4 is 17.0 Å². The molecule has 0 spiro atoms. The number of morpholine rings is 1. The molecular weight excluding hydrogens is 400 g/mol. The molecule has 168 valence electrons. The molecule has 2 aromatic carbocycles. The lowest BCUT2D eigenvalue weighted by atomic mass is 10.1. The summed E-state index contributed by atoms with van der Waals surface area (Å²) in [5.74, 6) is 0.995. The number of nitrogens with zero attached hydrogens (tertiary/aromatic N) is 5. The van der Waals surface area contributed by atoms with Crippen molar-refractivity contribution in [2.24, 2.45) is 4.99 Å². The summed E-state index contributed by atoms with van der Waals surface area (Å²) < 4.78 is 7.70. The molecule has 1 atom stereocenters. The topological polar surface area (TPSA) is 57.9 Å². The molecule has 7 nitrogen and oxygen atoms in total. The summed E-state index contributed by atoms with van der Waals surface area (Å²) in [4.78, 5) is 14.0. The highest BCUT2D eigenvalue weighted by molar-refractivity contribution is 5.80. The minimum absolute atomic E-state index is 0.607. The standard InChI is InChI=1S/C25H32N6O/c1-26-25(30-11-10-22(18-30)29-12-14-32-15-13-29)27-16-20-6-8-21(9-7-20)17-31-19-28-23-4-2-3-5-24(23)31/h2-9,19,22H,10-18H2,1H3,(H,26,27). The number of aliphatic imine (C=N–C) groups is 1. The lowest BCUT2D eigenvalue weighted by Gasteiger charge is -2.32. The molecule has 7 heteroatoms. The number of benzene rings is 2. The van der Waals surface area contributed by atoms with E-state index in [4.69, 9.17) is 4.74 Å². The van der Waals surface area contributed by atoms with E-state index in [1.165, 1.54) is 23.1 Å². The second-order valence-electron chi connectivity index (χ2n) is 8.62. The number of guanidine groups is 1. The van der Waals surface area contributed by atoms with Crippen LogP contribution < -0.4 is 5.32 Å². The summed E-state index contributed by atoms with van der Waals surface area (Å²) in [7, 11) is 1.88. The SMILES string of the molecule is CN=C(NCc1ccc(Cn2cnc3ccccc32)cc1)N1CCC(N2CCOCC2)C1. The van der Waals surface area contributed by atoms with Crippen LogP contribution in [0.2, 0.25) is 0 Å². The van der Waals surface area contributed by atoms with Crippen LogP contribution in [0.15, 0.2) is 59.9 Å². The van der Waals surface area contributed by atoms with Crippen molar-refractivity contribution in [3.63, 3.8) is 0 Å². The second-order valence-corrected chi connectivity index (χ2v) is 8.62. The number of aromatic nitrogens is 2. The van der Waals surface area contributed by atoms with E-state index in [1.807, 2.05) is 19.4 Å². The van der Waals surface area contributed by atoms with Crippen molar-refractivity contribution < 1.29 is 4.74 Å². The number of imidazole rings is 1. The Kier molecular flexibility index (Phi) is 6.36. The second kappa shape index (κ2) is 9.71. The van der Waals surface area contributed by atoms with Gasteiger partial charge in [0.05, 0.1) is 30.6 Å². The van der Waals surface area contributed by atoms with Crippen LogP contribution >= 0.6 is 0 Å². The van der Waals surface area contributed by atoms with Gasteiger partial charge in [-0.3, -0.25) is 9.89 Å². The molecule has 0 bridgehead atoms. The number of rotatable bonds is 5. The lowest BCUT2D eigenvalue weighted by molar-refractivity contribution is 0.0195. The molecule has 2 aliphatic heterocycles. The number of ether oxygens (including phenoxy) is 1. The van der Waals surface area contributed by atoms with Crippen molar-refractivity contribution in [3.8, 4) is 0 Å². The summed E-state index contributed by atoms with van der Waals surface area (Å²) in [6.07, 6.45) is 3.11. The van der Waals surface area contributed by atoms with Crippen LogP contribution in [0.1, 0.15) is 17.5 Å². The summed E-state index contributed by atoms with van der Waals surface area (Å²) in [5.41, 5.74) is 4.74. The molecule has 3 heterocycles. The molecule has 0 radical (unpaired) electrons. The third-order valence-electron chi connectivity index (χ3n) is 6.59. The molecule has 5 rings (SSSR count). The van der Waals surface area contributed by atoms with Gasteiger partial charge in [0.25, 0.3) is 0 Å². The van der Waals surface area contributed by atoms with Crippen molar-refractivity contribution in [2.45, 2.75) is 25.6 Å². The number of nitrogens with one attached hydrogen (secondary N) is 1. The first-order chi connectivity index (χ1) is 15.8. The highest BCUT2D eigenvalue weighted by Crippen LogP contribution is 2.18. The molecule has 1 unspecified atom stereocenters. The summed E-state index contributed by atoms with van der Waals surface area (Å²) >= 11 is 0. The molecule has 32 heavy (non-hydrogen) atoms. The van der Waals surface area contributed by atoms with Gasteiger partial charge >= 0.3 is 0 Å². The summed E-state index contributed by atoms with van der Waals surface area (Å²) in [6, 6.07) is 17.7. The van der Waals surface area contributed by atoms with Crippen LogP contribution in [0.3, 0.4) is 0 Å². The smallest absolute Gasteiger partial charge is 0.193 e. The first-order valence-electron chi connectivity index (χ1n) is 11.6. The number of para-hydroxylation sites is 2. The predicted molar refractivity (Wildman–Crippen MR) is 128 cm³/mol. The van der Waals surface area contributed by atoms with E-state index in [-0.39, 0.29) is 0 Å². The molecular formula is C25H32N6O. The Balaban J connectivity index is 1.15. The van der Waals surface area contributed by atoms with Gasteiger partial charge in [-0.1, -0.05) is 36.4 Å². The summed E-state index contributed by atoms with van der Waals surface area (Å²) in [6.45, 7) is 7.51. The van der Waals surface area contributed by atoms with Crippen molar-refractivity contribution in [3.05, 3.63) is 66.0 Å². The quantitative estimate of drug-likeness (QED) is 0.496. The zero-order valence-corrected chi connectivity index (χ0v) is 18.8. The first-order valence-corrected chi connectivity index (χ1v) is 11.6. The average Bonchev–Trinajstić information content (AvgIpc) is 3.49. The fourth-order valence-electron chi connectivity index (χ4n) is 4.78. The number of fused-ring (bicyclic) bond motifs is 1. The third-order valence-corrected chi connectivity index (χ3v) is 6.59. The van der Waals surface area contributed by atoms with Crippen molar-refractivity contribution in [1.82, 2.24) is 24.7 Å². The van der Waals surface area contributed by atoms with Gasteiger partial charge in [-0.05, 0) is 29.7 Å². The van der Waals surface area contributed by atoms with E-state index in [0.717, 1.165) is 64.0 Å². The predicted octanol–water partition coefficient (Wildman–Crippen LogP) is 2.57. The largest absolute Gasteiger partial charge is 0.379 e. The average molecular weight is 433 g/mol. The highest BCUT2D eigenvalue weighted by atomic mass is 16.5. The molecule has 2 saturated heterocycles. The Labute approximate surface area is 189 Å². The fourth-order valence-corrected chi connectivity index (χ4v) is 4.78. The first kappa shape index (κ1) is 21.0. The van der Waals surface area contributed by atoms with Gasteiger partial charge < -0.3 is 19.5 Å². The molecule has 3 aromatic rings. The van der Waals surface area contributed by atoms with Crippen LogP contribution in [0, 0.1) is 0 Å². The van der Waals surface area contributed by atoms with E-state index in [2.05, 4.69) is 72.1 Å². The Morgan fingerprint density at radius 1 is 1.06 bits per heavy atom. The summed E-state index contributed by atoms with van der Waals surface area (Å²) in [5, 5.41) is 3.56. The number of hydrogen-bond acceptors (Lipinski definition) is 4. The molecule has 2 aliphatic rings. The van der Waals surface area contributed by atoms with Crippen LogP contribution in [0.25, 0.3) is 11.0 Å². The number of likely N-dealkylation sites (tertiary alicyclic amines) is 1. The van der Waals surface area contributed by atoms with E-state index in [0.29, 0.717) is 6.04 Å². The zero-order chi connectivity index (χ0) is 21.8. The Morgan fingerprint density at radius 3 is 2.66 bits per heavy atom. The van der Waals surface area contributed by atoms with Crippen LogP contribution in [-0.4, -0.2) is 77.8 Å². The molecule has 0 aliphatic carbocycles. The minimum Gasteiger partial charge on any atom is -0.379 e. The van der Waals surface area contributed by atoms with Gasteiger partial charge in [0.15, 0.2) is 5.96 Å². The van der Waals surface area contributed by atoms with Crippen LogP contribution in [0.4, 0.5) is 0 Å². The molecule has 0 amide bonds. The Bertz CT molecular complexity index is 1050. The van der Waals surface area contributed by atoms with E-state index in [9.17, 15) is 0 Å². The van der Waals surface area contributed by atoms with Crippen LogP contribution in [-0.2, 0) is 17.8 Å². The maximum atomic E-state index is 5.50. The van der Waals surface area contributed by atoms with Gasteiger partial charge in [-0.25, -0.2) is 4.98 Å². The van der Waals surface area contributed by atoms with Gasteiger partial charge in [0, 0.05) is 52.4 Å². The van der Waals surface area contributed by atoms with Gasteiger partial charge in [0.2, 0.25) is 0 Å². The maximum Gasteiger partial charge on any atom is 0.193 e. The lowest BCUT2D eigenvalue weighted by Crippen LogP contribution is -2.46. The van der Waals surface area contributed by atoms with Gasteiger partial charge in [-0.2, -0.15) is 0 Å². The third kappa shape index (κ3) is 4.64. The number of hydrogen-bond donors (Lipinski definition) is 1. The molecule has 2 fully saturated rings. The molecule has 0 saturated carbocycles. The van der Waals surface area contributed by atoms with E-state index >= 15 is 0 Å². The minimum atomic E-state index is 0.607. The molecule has 1 N–H and O–H groups in total. The zero-order valence-electron chi connectivity index (χ0n) is 18.8. The Hall–Kier alpha value is -2.90. The van der Waals surface area contributed by atoms with E-state index < -0.39 is 0 Å². The van der Waals surface area contributed by atoms with Gasteiger partial charge in [0.1, 0.15) is 0 Å². The fraction of sp³-hybridized carbons (Fsp3) is 0.440. The normalized spacial score (nSPS) is 20.2. The molecule has 1 aromatic heterocycles. The van der Waals surface area contributed by atoms with Crippen LogP contribution in [0.5, 0.6) is 0 Å². The monoisotopic (exact) mass is 432 g/mol. The van der Waals surface area contributed by atoms with Crippen molar-refractivity contribution in [2.75, 3.05) is 46.4 Å². The Morgan fingerprint density at radius 2 is 1.84 bits per heavy atom. The maximum absolute atomic E-state index is 5.50.